The zero-order chi connectivity index (χ0) is 18.5. The van der Waals surface area contributed by atoms with Crippen molar-refractivity contribution in [1.82, 2.24) is 14.7 Å². The largest absolute Gasteiger partial charge is 0.395 e. The van der Waals surface area contributed by atoms with Crippen molar-refractivity contribution in [2.75, 3.05) is 46.4 Å². The molecular formula is C22H37N3O. The summed E-state index contributed by atoms with van der Waals surface area (Å²) in [6.07, 6.45) is 4.95. The summed E-state index contributed by atoms with van der Waals surface area (Å²) in [4.78, 5) is 7.52. The Kier molecular flexibility index (Phi) is 7.10. The number of hydrogen-bond acceptors (Lipinski definition) is 4. The van der Waals surface area contributed by atoms with Crippen LogP contribution in [0.3, 0.4) is 0 Å². The fourth-order valence-electron chi connectivity index (χ4n) is 4.41. The third-order valence-electron chi connectivity index (χ3n) is 6.37. The number of likely N-dealkylation sites (N-methyl/N-ethyl adjacent to an activating group) is 1. The van der Waals surface area contributed by atoms with Gasteiger partial charge in [-0.15, -0.1) is 0 Å². The van der Waals surface area contributed by atoms with Crippen LogP contribution in [0.5, 0.6) is 0 Å². The summed E-state index contributed by atoms with van der Waals surface area (Å²) in [5.74, 6) is 0. The van der Waals surface area contributed by atoms with E-state index >= 15 is 0 Å². The van der Waals surface area contributed by atoms with Crippen LogP contribution in [0, 0.1) is 13.8 Å². The topological polar surface area (TPSA) is 30.0 Å². The summed E-state index contributed by atoms with van der Waals surface area (Å²) in [6.45, 7) is 12.6. The van der Waals surface area contributed by atoms with Crippen molar-refractivity contribution in [1.29, 1.82) is 0 Å². The average Bonchev–Trinajstić information content (AvgIpc) is 2.86. The van der Waals surface area contributed by atoms with E-state index in [1.165, 1.54) is 54.6 Å². The number of nitrogens with zero attached hydrogens (tertiary/aromatic N) is 3. The molecule has 1 aromatic rings. The Hall–Kier alpha value is -0.940. The Morgan fingerprint density at radius 2 is 1.58 bits per heavy atom. The summed E-state index contributed by atoms with van der Waals surface area (Å²) in [7, 11) is 2.21. The molecule has 1 unspecified atom stereocenters. The second kappa shape index (κ2) is 9.32. The van der Waals surface area contributed by atoms with Gasteiger partial charge in [-0.3, -0.25) is 9.80 Å². The van der Waals surface area contributed by atoms with Gasteiger partial charge in [-0.1, -0.05) is 25.0 Å². The molecule has 2 fully saturated rings. The first-order valence-corrected chi connectivity index (χ1v) is 10.4. The molecule has 4 heteroatoms. The number of aliphatic hydroxyl groups excluding tert-OH is 1. The number of aryl methyl sites for hydroxylation is 2. The minimum absolute atomic E-state index is 0.291. The Morgan fingerprint density at radius 1 is 0.885 bits per heavy atom. The van der Waals surface area contributed by atoms with E-state index in [4.69, 9.17) is 0 Å². The smallest absolute Gasteiger partial charge is 0.0586 e. The standard InChI is InChI=1S/C22H37N3O/c1-18-13-19(2)21(16-25-8-6-4-5-7-22(25)17-26)14-20(18)15-24-11-9-23(3)10-12-24/h13-14,22,26H,4-12,15-17H2,1-3H3. The van der Waals surface area contributed by atoms with Crippen LogP contribution in [0.1, 0.15) is 47.9 Å². The Bertz CT molecular complexity index is 581. The highest BCUT2D eigenvalue weighted by Crippen LogP contribution is 2.23. The van der Waals surface area contributed by atoms with Gasteiger partial charge in [0, 0.05) is 45.3 Å². The van der Waals surface area contributed by atoms with Crippen LogP contribution < -0.4 is 0 Å². The van der Waals surface area contributed by atoms with Crippen LogP contribution in [-0.4, -0.2) is 72.2 Å². The first-order valence-electron chi connectivity index (χ1n) is 10.4. The van der Waals surface area contributed by atoms with Crippen LogP contribution in [-0.2, 0) is 13.1 Å². The van der Waals surface area contributed by atoms with E-state index in [1.54, 1.807) is 0 Å². The molecule has 1 N–H and O–H groups in total. The van der Waals surface area contributed by atoms with Crippen molar-refractivity contribution < 1.29 is 5.11 Å². The molecule has 2 saturated heterocycles. The third kappa shape index (κ3) is 5.07. The van der Waals surface area contributed by atoms with E-state index < -0.39 is 0 Å². The van der Waals surface area contributed by atoms with E-state index in [0.717, 1.165) is 39.1 Å². The predicted molar refractivity (Wildman–Crippen MR) is 108 cm³/mol. The Morgan fingerprint density at radius 3 is 2.27 bits per heavy atom. The summed E-state index contributed by atoms with van der Waals surface area (Å²) in [6, 6.07) is 5.15. The number of benzene rings is 1. The highest BCUT2D eigenvalue weighted by atomic mass is 16.3. The van der Waals surface area contributed by atoms with Crippen LogP contribution in [0.2, 0.25) is 0 Å². The van der Waals surface area contributed by atoms with Gasteiger partial charge in [-0.25, -0.2) is 0 Å². The van der Waals surface area contributed by atoms with Crippen LogP contribution >= 0.6 is 0 Å². The second-order valence-corrected chi connectivity index (χ2v) is 8.44. The maximum atomic E-state index is 9.82. The molecule has 2 heterocycles. The van der Waals surface area contributed by atoms with E-state index in [9.17, 15) is 5.11 Å². The van der Waals surface area contributed by atoms with Gasteiger partial charge in [0.25, 0.3) is 0 Å². The van der Waals surface area contributed by atoms with Crippen molar-refractivity contribution in [2.24, 2.45) is 0 Å². The van der Waals surface area contributed by atoms with E-state index in [2.05, 4.69) is 47.7 Å². The van der Waals surface area contributed by atoms with Gasteiger partial charge in [0.15, 0.2) is 0 Å². The van der Waals surface area contributed by atoms with Crippen molar-refractivity contribution in [3.63, 3.8) is 0 Å². The summed E-state index contributed by atoms with van der Waals surface area (Å²) < 4.78 is 0. The van der Waals surface area contributed by atoms with E-state index in [-0.39, 0.29) is 0 Å². The van der Waals surface area contributed by atoms with E-state index in [0.29, 0.717) is 12.6 Å². The number of likely N-dealkylation sites (tertiary alicyclic amines) is 1. The van der Waals surface area contributed by atoms with Crippen LogP contribution in [0.15, 0.2) is 12.1 Å². The van der Waals surface area contributed by atoms with Gasteiger partial charge in [0.05, 0.1) is 6.61 Å². The lowest BCUT2D eigenvalue weighted by molar-refractivity contribution is 0.118. The molecule has 0 aromatic heterocycles. The molecule has 0 spiro atoms. The monoisotopic (exact) mass is 359 g/mol. The molecule has 0 aliphatic carbocycles. The normalized spacial score (nSPS) is 23.9. The minimum Gasteiger partial charge on any atom is -0.395 e. The first kappa shape index (κ1) is 19.8. The highest BCUT2D eigenvalue weighted by Gasteiger charge is 2.21. The Balaban J connectivity index is 1.72. The van der Waals surface area contributed by atoms with Crippen molar-refractivity contribution in [3.05, 3.63) is 34.4 Å². The molecule has 2 aliphatic heterocycles. The third-order valence-corrected chi connectivity index (χ3v) is 6.37. The fraction of sp³-hybridized carbons (Fsp3) is 0.727. The van der Waals surface area contributed by atoms with Crippen molar-refractivity contribution >= 4 is 0 Å². The molecule has 0 saturated carbocycles. The molecule has 0 bridgehead atoms. The molecule has 146 valence electrons. The quantitative estimate of drug-likeness (QED) is 0.876. The number of piperazine rings is 1. The fourth-order valence-corrected chi connectivity index (χ4v) is 4.41. The minimum atomic E-state index is 0.291. The number of hydrogen-bond donors (Lipinski definition) is 1. The zero-order valence-corrected chi connectivity index (χ0v) is 17.0. The van der Waals surface area contributed by atoms with Crippen molar-refractivity contribution in [3.8, 4) is 0 Å². The molecule has 0 amide bonds. The predicted octanol–water partition coefficient (Wildman–Crippen LogP) is 2.79. The molecule has 0 radical (unpaired) electrons. The van der Waals surface area contributed by atoms with Crippen molar-refractivity contribution in [2.45, 2.75) is 58.7 Å². The molecule has 1 atom stereocenters. The van der Waals surface area contributed by atoms with Gasteiger partial charge in [-0.2, -0.15) is 0 Å². The summed E-state index contributed by atoms with van der Waals surface area (Å²) in [5, 5.41) is 9.82. The molecular weight excluding hydrogens is 322 g/mol. The summed E-state index contributed by atoms with van der Waals surface area (Å²) in [5.41, 5.74) is 5.73. The van der Waals surface area contributed by atoms with Gasteiger partial charge < -0.3 is 10.0 Å². The Labute approximate surface area is 159 Å². The van der Waals surface area contributed by atoms with Gasteiger partial charge in [-0.05, 0) is 62.5 Å². The van der Waals surface area contributed by atoms with E-state index in [1.807, 2.05) is 0 Å². The van der Waals surface area contributed by atoms with Gasteiger partial charge in [0.1, 0.15) is 0 Å². The SMILES string of the molecule is Cc1cc(C)c(CN2CCCCCC2CO)cc1CN1CCN(C)CC1. The lowest BCUT2D eigenvalue weighted by atomic mass is 9.98. The first-order chi connectivity index (χ1) is 12.6. The lowest BCUT2D eigenvalue weighted by Gasteiger charge is -2.33. The average molecular weight is 360 g/mol. The maximum Gasteiger partial charge on any atom is 0.0586 e. The van der Waals surface area contributed by atoms with Gasteiger partial charge in [0.2, 0.25) is 0 Å². The van der Waals surface area contributed by atoms with Crippen LogP contribution in [0.4, 0.5) is 0 Å². The molecule has 3 rings (SSSR count). The lowest BCUT2D eigenvalue weighted by Crippen LogP contribution is -2.44. The number of aliphatic hydroxyl groups is 1. The molecule has 26 heavy (non-hydrogen) atoms. The molecule has 1 aromatic carbocycles. The molecule has 4 nitrogen and oxygen atoms in total. The number of rotatable bonds is 5. The molecule has 2 aliphatic rings. The van der Waals surface area contributed by atoms with Crippen LogP contribution in [0.25, 0.3) is 0 Å². The zero-order valence-electron chi connectivity index (χ0n) is 17.0. The second-order valence-electron chi connectivity index (χ2n) is 8.44. The highest BCUT2D eigenvalue weighted by molar-refractivity contribution is 5.37. The maximum absolute atomic E-state index is 9.82. The summed E-state index contributed by atoms with van der Waals surface area (Å²) >= 11 is 0. The van der Waals surface area contributed by atoms with Gasteiger partial charge >= 0.3 is 0 Å².